The molecular weight excluding hydrogens is 208 g/mol. The fourth-order valence-electron chi connectivity index (χ4n) is 1.46. The number of carbonyl (C=O) groups is 2. The quantitative estimate of drug-likeness (QED) is 0.432. The van der Waals surface area contributed by atoms with Gasteiger partial charge in [0.25, 0.3) is 6.33 Å². The zero-order chi connectivity index (χ0) is 11.5. The van der Waals surface area contributed by atoms with E-state index in [1.807, 2.05) is 0 Å². The van der Waals surface area contributed by atoms with Crippen molar-refractivity contribution in [2.75, 3.05) is 0 Å². The van der Waals surface area contributed by atoms with Gasteiger partial charge in [-0.2, -0.15) is 0 Å². The predicted octanol–water partition coefficient (Wildman–Crippen LogP) is -0.112. The first-order valence-electron chi connectivity index (χ1n) is 4.53. The van der Waals surface area contributed by atoms with Gasteiger partial charge in [-0.3, -0.25) is 4.79 Å². The average molecular weight is 217 g/mol. The standard InChI is InChI=1S/C10H8N4O2/c11-10(16)13-7-14(12-5-6-15)9-4-2-1-3-8(9)13/h1-7H,(H-,11,16)/p+1. The molecule has 2 N–H and O–H groups in total. The first-order valence-corrected chi connectivity index (χ1v) is 4.53. The Balaban J connectivity index is 2.71. The first kappa shape index (κ1) is 10.0. The highest BCUT2D eigenvalue weighted by atomic mass is 16.2. The van der Waals surface area contributed by atoms with E-state index >= 15 is 0 Å². The summed E-state index contributed by atoms with van der Waals surface area (Å²) in [5, 5.41) is 3.85. The van der Waals surface area contributed by atoms with Crippen LogP contribution in [-0.2, 0) is 4.79 Å². The summed E-state index contributed by atoms with van der Waals surface area (Å²) >= 11 is 0. The summed E-state index contributed by atoms with van der Waals surface area (Å²) in [5.41, 5.74) is 6.54. The van der Waals surface area contributed by atoms with Crippen LogP contribution in [0.25, 0.3) is 11.0 Å². The average Bonchev–Trinajstić information content (AvgIpc) is 2.65. The molecule has 0 bridgehead atoms. The number of nitrogens with zero attached hydrogens (tertiary/aromatic N) is 3. The number of nitrogens with two attached hydrogens (primary N) is 1. The minimum Gasteiger partial charge on any atom is -0.331 e. The number of amides is 1. The summed E-state index contributed by atoms with van der Waals surface area (Å²) in [7, 11) is 0. The van der Waals surface area contributed by atoms with Crippen molar-refractivity contribution in [2.45, 2.75) is 0 Å². The lowest BCUT2D eigenvalue weighted by Gasteiger charge is -1.86. The molecule has 0 saturated heterocycles. The van der Waals surface area contributed by atoms with Gasteiger partial charge in [-0.05, 0) is 12.1 Å². The number of carbonyl (C=O) groups excluding carboxylic acids is 2. The van der Waals surface area contributed by atoms with E-state index in [9.17, 15) is 9.59 Å². The smallest absolute Gasteiger partial charge is 0.331 e. The molecule has 1 aromatic heterocycles. The SMILES string of the molecule is NC(=O)n1c[n+](N=CC=O)c2ccccc21. The second-order valence-electron chi connectivity index (χ2n) is 3.06. The Labute approximate surface area is 90.6 Å². The van der Waals surface area contributed by atoms with Crippen LogP contribution < -0.4 is 10.4 Å². The minimum atomic E-state index is -0.601. The van der Waals surface area contributed by atoms with Crippen LogP contribution in [0.3, 0.4) is 0 Å². The van der Waals surface area contributed by atoms with Crippen LogP contribution in [0.2, 0.25) is 0 Å². The molecule has 1 heterocycles. The van der Waals surface area contributed by atoms with Crippen LogP contribution >= 0.6 is 0 Å². The fourth-order valence-corrected chi connectivity index (χ4v) is 1.46. The fraction of sp³-hybridized carbons (Fsp3) is 0. The molecular formula is C10H9N4O2+. The van der Waals surface area contributed by atoms with Crippen LogP contribution in [0.15, 0.2) is 35.7 Å². The summed E-state index contributed by atoms with van der Waals surface area (Å²) in [6.07, 6.45) is 3.08. The van der Waals surface area contributed by atoms with Crippen molar-refractivity contribution < 1.29 is 14.3 Å². The Morgan fingerprint density at radius 1 is 1.44 bits per heavy atom. The molecule has 1 aromatic carbocycles. The van der Waals surface area contributed by atoms with Crippen LogP contribution in [-0.4, -0.2) is 23.1 Å². The molecule has 2 aromatic rings. The van der Waals surface area contributed by atoms with Crippen LogP contribution in [0.5, 0.6) is 0 Å². The monoisotopic (exact) mass is 217 g/mol. The summed E-state index contributed by atoms with van der Waals surface area (Å²) in [6, 6.07) is 6.51. The van der Waals surface area contributed by atoms with Crippen molar-refractivity contribution in [2.24, 2.45) is 10.8 Å². The summed E-state index contributed by atoms with van der Waals surface area (Å²) < 4.78 is 2.67. The number of primary amides is 1. The molecule has 0 unspecified atom stereocenters. The van der Waals surface area contributed by atoms with Crippen LogP contribution in [0.1, 0.15) is 0 Å². The number of fused-ring (bicyclic) bond motifs is 1. The highest BCUT2D eigenvalue weighted by Gasteiger charge is 2.18. The zero-order valence-corrected chi connectivity index (χ0v) is 8.28. The van der Waals surface area contributed by atoms with Gasteiger partial charge in [-0.1, -0.05) is 21.9 Å². The van der Waals surface area contributed by atoms with Gasteiger partial charge in [0.1, 0.15) is 6.21 Å². The molecule has 0 fully saturated rings. The molecule has 2 rings (SSSR count). The molecule has 0 aliphatic heterocycles. The van der Waals surface area contributed by atoms with E-state index in [1.165, 1.54) is 15.6 Å². The Hall–Kier alpha value is -2.50. The number of hydrogen-bond acceptors (Lipinski definition) is 3. The van der Waals surface area contributed by atoms with Gasteiger partial charge in [0.15, 0.2) is 11.8 Å². The lowest BCUT2D eigenvalue weighted by Crippen LogP contribution is -2.27. The second-order valence-corrected chi connectivity index (χ2v) is 3.06. The molecule has 6 nitrogen and oxygen atoms in total. The maximum Gasteiger partial charge on any atom is 0.411 e. The molecule has 0 saturated carbocycles. The third kappa shape index (κ3) is 1.56. The molecule has 0 aliphatic carbocycles. The van der Waals surface area contributed by atoms with Crippen molar-refractivity contribution in [3.63, 3.8) is 0 Å². The van der Waals surface area contributed by atoms with E-state index in [4.69, 9.17) is 5.73 Å². The number of hydrogen-bond donors (Lipinski definition) is 1. The normalized spacial score (nSPS) is 11.0. The van der Waals surface area contributed by atoms with Gasteiger partial charge in [0, 0.05) is 0 Å². The second kappa shape index (κ2) is 3.93. The molecule has 1 amide bonds. The molecule has 80 valence electrons. The topological polar surface area (TPSA) is 81.3 Å². The van der Waals surface area contributed by atoms with E-state index < -0.39 is 6.03 Å². The Bertz CT molecular complexity index is 586. The van der Waals surface area contributed by atoms with Gasteiger partial charge in [0.05, 0.1) is 0 Å². The van der Waals surface area contributed by atoms with E-state index in [0.717, 1.165) is 6.21 Å². The van der Waals surface area contributed by atoms with Crippen LogP contribution in [0, 0.1) is 0 Å². The van der Waals surface area contributed by atoms with E-state index in [1.54, 1.807) is 24.3 Å². The first-order chi connectivity index (χ1) is 7.74. The third-order valence-corrected chi connectivity index (χ3v) is 2.10. The molecule has 0 spiro atoms. The van der Waals surface area contributed by atoms with E-state index in [0.29, 0.717) is 17.3 Å². The van der Waals surface area contributed by atoms with E-state index in [2.05, 4.69) is 5.10 Å². The van der Waals surface area contributed by atoms with Crippen LogP contribution in [0.4, 0.5) is 4.79 Å². The van der Waals surface area contributed by atoms with Gasteiger partial charge < -0.3 is 5.73 Å². The highest BCUT2D eigenvalue weighted by molar-refractivity contribution is 6.12. The maximum atomic E-state index is 11.2. The van der Waals surface area contributed by atoms with Gasteiger partial charge in [-0.15, -0.1) is 4.57 Å². The van der Waals surface area contributed by atoms with E-state index in [-0.39, 0.29) is 0 Å². The number of para-hydroxylation sites is 2. The molecule has 6 heteroatoms. The molecule has 16 heavy (non-hydrogen) atoms. The van der Waals surface area contributed by atoms with Gasteiger partial charge >= 0.3 is 6.03 Å². The van der Waals surface area contributed by atoms with Gasteiger partial charge in [0.2, 0.25) is 5.52 Å². The Morgan fingerprint density at radius 2 is 2.19 bits per heavy atom. The molecule has 0 atom stereocenters. The predicted molar refractivity (Wildman–Crippen MR) is 57.1 cm³/mol. The van der Waals surface area contributed by atoms with Crippen molar-refractivity contribution in [1.29, 1.82) is 0 Å². The number of aromatic nitrogens is 2. The number of benzene rings is 1. The highest BCUT2D eigenvalue weighted by Crippen LogP contribution is 2.09. The lowest BCUT2D eigenvalue weighted by atomic mass is 10.3. The summed E-state index contributed by atoms with van der Waals surface area (Å²) in [5.74, 6) is 0. The largest absolute Gasteiger partial charge is 0.411 e. The Morgan fingerprint density at radius 3 is 2.88 bits per heavy atom. The number of rotatable bonds is 2. The molecule has 0 aliphatic rings. The van der Waals surface area contributed by atoms with Gasteiger partial charge in [-0.25, -0.2) is 4.79 Å². The minimum absolute atomic E-state index is 0.559. The zero-order valence-electron chi connectivity index (χ0n) is 8.28. The number of aldehydes is 1. The van der Waals surface area contributed by atoms with Crippen molar-refractivity contribution in [3.05, 3.63) is 30.6 Å². The van der Waals surface area contributed by atoms with Crippen molar-refractivity contribution in [1.82, 2.24) is 4.57 Å². The van der Waals surface area contributed by atoms with Crippen molar-refractivity contribution in [3.8, 4) is 0 Å². The Kier molecular flexibility index (Phi) is 2.47. The van der Waals surface area contributed by atoms with Crippen molar-refractivity contribution >= 4 is 29.6 Å². The summed E-state index contributed by atoms with van der Waals surface area (Å²) in [4.78, 5) is 21.3. The molecule has 0 radical (unpaired) electrons. The number of imidazole rings is 1. The summed E-state index contributed by atoms with van der Waals surface area (Å²) in [6.45, 7) is 0. The lowest BCUT2D eigenvalue weighted by molar-refractivity contribution is -0.652. The third-order valence-electron chi connectivity index (χ3n) is 2.10. The maximum absolute atomic E-state index is 11.2.